The van der Waals surface area contributed by atoms with E-state index in [4.69, 9.17) is 5.11 Å². The van der Waals surface area contributed by atoms with Gasteiger partial charge in [-0.1, -0.05) is 20.8 Å². The Balaban J connectivity index is 2.78. The van der Waals surface area contributed by atoms with Gasteiger partial charge in [0, 0.05) is 4.88 Å². The molecule has 1 unspecified atom stereocenters. The molecular weight excluding hydrogens is 280 g/mol. The molecule has 6 nitrogen and oxygen atoms in total. The summed E-state index contributed by atoms with van der Waals surface area (Å²) >= 11 is 1.35. The summed E-state index contributed by atoms with van der Waals surface area (Å²) in [5.41, 5.74) is -1.21. The zero-order valence-electron chi connectivity index (χ0n) is 11.5. The fraction of sp³-hybridized carbons (Fsp3) is 0.462. The van der Waals surface area contributed by atoms with Crippen LogP contribution in [0.2, 0.25) is 0 Å². The Hall–Kier alpha value is -1.89. The van der Waals surface area contributed by atoms with Gasteiger partial charge >= 0.3 is 11.7 Å². The summed E-state index contributed by atoms with van der Waals surface area (Å²) in [5, 5.41) is 9.50. The SMILES string of the molecule is CCC(C(=O)O)n1c(=O)[nH]c2sc(C(C)C)cc2c1=O. The first-order valence-corrected chi connectivity index (χ1v) is 7.19. The highest BCUT2D eigenvalue weighted by molar-refractivity contribution is 7.18. The van der Waals surface area contributed by atoms with Gasteiger partial charge in [-0.05, 0) is 18.4 Å². The maximum atomic E-state index is 12.4. The highest BCUT2D eigenvalue weighted by atomic mass is 32.1. The van der Waals surface area contributed by atoms with Crippen LogP contribution in [0.4, 0.5) is 0 Å². The Morgan fingerprint density at radius 3 is 2.60 bits per heavy atom. The van der Waals surface area contributed by atoms with Gasteiger partial charge < -0.3 is 5.11 Å². The first-order chi connectivity index (χ1) is 9.36. The number of carboxylic acids is 1. The van der Waals surface area contributed by atoms with Gasteiger partial charge in [0.1, 0.15) is 10.9 Å². The van der Waals surface area contributed by atoms with E-state index in [1.54, 1.807) is 13.0 Å². The molecule has 0 aromatic carbocycles. The van der Waals surface area contributed by atoms with Crippen LogP contribution in [0.5, 0.6) is 0 Å². The molecule has 0 aliphatic rings. The quantitative estimate of drug-likeness (QED) is 0.901. The van der Waals surface area contributed by atoms with Gasteiger partial charge in [-0.2, -0.15) is 0 Å². The number of aromatic amines is 1. The van der Waals surface area contributed by atoms with Crippen molar-refractivity contribution >= 4 is 27.5 Å². The van der Waals surface area contributed by atoms with E-state index in [1.165, 1.54) is 11.3 Å². The van der Waals surface area contributed by atoms with Crippen molar-refractivity contribution in [1.29, 1.82) is 0 Å². The van der Waals surface area contributed by atoms with Crippen LogP contribution < -0.4 is 11.2 Å². The van der Waals surface area contributed by atoms with E-state index < -0.39 is 23.3 Å². The maximum absolute atomic E-state index is 12.4. The Kier molecular flexibility index (Phi) is 3.80. The third-order valence-electron chi connectivity index (χ3n) is 3.19. The summed E-state index contributed by atoms with van der Waals surface area (Å²) < 4.78 is 0.793. The zero-order valence-corrected chi connectivity index (χ0v) is 12.3. The van der Waals surface area contributed by atoms with Gasteiger partial charge in [0.15, 0.2) is 0 Å². The van der Waals surface area contributed by atoms with Crippen molar-refractivity contribution in [2.45, 2.75) is 39.2 Å². The van der Waals surface area contributed by atoms with E-state index in [-0.39, 0.29) is 12.3 Å². The lowest BCUT2D eigenvalue weighted by atomic mass is 10.1. The van der Waals surface area contributed by atoms with Gasteiger partial charge in [0.05, 0.1) is 5.39 Å². The van der Waals surface area contributed by atoms with Crippen LogP contribution in [0, 0.1) is 0 Å². The number of hydrogen-bond acceptors (Lipinski definition) is 4. The molecule has 2 aromatic heterocycles. The van der Waals surface area contributed by atoms with Gasteiger partial charge in [-0.15, -0.1) is 11.3 Å². The van der Waals surface area contributed by atoms with E-state index in [9.17, 15) is 14.4 Å². The van der Waals surface area contributed by atoms with Gasteiger partial charge in [0.25, 0.3) is 5.56 Å². The number of hydrogen-bond donors (Lipinski definition) is 2. The molecule has 1 atom stereocenters. The number of nitrogens with one attached hydrogen (secondary N) is 1. The summed E-state index contributed by atoms with van der Waals surface area (Å²) in [4.78, 5) is 39.6. The minimum absolute atomic E-state index is 0.172. The lowest BCUT2D eigenvalue weighted by molar-refractivity contribution is -0.141. The standard InChI is InChI=1S/C13H16N2O4S/c1-4-8(12(17)18)15-11(16)7-5-9(6(2)3)20-10(7)14-13(15)19/h5-6,8H,4H2,1-3H3,(H,14,19)(H,17,18). The van der Waals surface area contributed by atoms with E-state index in [0.29, 0.717) is 10.2 Å². The maximum Gasteiger partial charge on any atom is 0.330 e. The smallest absolute Gasteiger partial charge is 0.330 e. The lowest BCUT2D eigenvalue weighted by Crippen LogP contribution is -2.40. The van der Waals surface area contributed by atoms with Crippen LogP contribution in [0.1, 0.15) is 44.0 Å². The number of rotatable bonds is 4. The van der Waals surface area contributed by atoms with Crippen LogP contribution >= 0.6 is 11.3 Å². The number of H-pyrrole nitrogens is 1. The molecule has 0 amide bonds. The molecule has 0 spiro atoms. The second kappa shape index (κ2) is 5.24. The van der Waals surface area contributed by atoms with Crippen molar-refractivity contribution in [3.63, 3.8) is 0 Å². The Bertz CT molecular complexity index is 769. The number of aliphatic carboxylic acids is 1. The van der Waals surface area contributed by atoms with Crippen molar-refractivity contribution in [2.75, 3.05) is 0 Å². The zero-order chi connectivity index (χ0) is 15.0. The van der Waals surface area contributed by atoms with E-state index in [1.807, 2.05) is 13.8 Å². The molecule has 2 rings (SSSR count). The second-order valence-corrected chi connectivity index (χ2v) is 6.00. The van der Waals surface area contributed by atoms with Crippen LogP contribution in [0.3, 0.4) is 0 Å². The molecule has 7 heteroatoms. The molecule has 2 aromatic rings. The van der Waals surface area contributed by atoms with Crippen molar-refractivity contribution in [2.24, 2.45) is 0 Å². The summed E-state index contributed by atoms with van der Waals surface area (Å²) in [6.45, 7) is 5.61. The topological polar surface area (TPSA) is 92.2 Å². The normalized spacial score (nSPS) is 13.0. The Labute approximate surface area is 118 Å². The second-order valence-electron chi connectivity index (χ2n) is 4.91. The van der Waals surface area contributed by atoms with Crippen molar-refractivity contribution in [3.8, 4) is 0 Å². The van der Waals surface area contributed by atoms with Crippen LogP contribution in [-0.4, -0.2) is 20.6 Å². The Morgan fingerprint density at radius 1 is 1.45 bits per heavy atom. The highest BCUT2D eigenvalue weighted by Crippen LogP contribution is 2.27. The van der Waals surface area contributed by atoms with Crippen LogP contribution in [0.25, 0.3) is 10.2 Å². The van der Waals surface area contributed by atoms with E-state index >= 15 is 0 Å². The summed E-state index contributed by atoms with van der Waals surface area (Å²) in [6.07, 6.45) is 0.172. The number of carboxylic acid groups (broad SMARTS) is 1. The molecule has 20 heavy (non-hydrogen) atoms. The average Bonchev–Trinajstić information content (AvgIpc) is 2.78. The molecular formula is C13H16N2O4S. The molecule has 0 saturated carbocycles. The predicted octanol–water partition coefficient (Wildman–Crippen LogP) is 1.91. The van der Waals surface area contributed by atoms with Gasteiger partial charge in [-0.3, -0.25) is 9.78 Å². The fourth-order valence-corrected chi connectivity index (χ4v) is 3.12. The molecule has 0 saturated heterocycles. The highest BCUT2D eigenvalue weighted by Gasteiger charge is 2.23. The molecule has 108 valence electrons. The molecule has 0 aliphatic heterocycles. The largest absolute Gasteiger partial charge is 0.480 e. The molecule has 2 N–H and O–H groups in total. The van der Waals surface area contributed by atoms with Gasteiger partial charge in [-0.25, -0.2) is 14.2 Å². The number of fused-ring (bicyclic) bond motifs is 1. The molecule has 0 radical (unpaired) electrons. The van der Waals surface area contributed by atoms with Crippen LogP contribution in [-0.2, 0) is 4.79 Å². The minimum Gasteiger partial charge on any atom is -0.480 e. The number of thiophene rings is 1. The average molecular weight is 296 g/mol. The molecule has 2 heterocycles. The minimum atomic E-state index is -1.18. The molecule has 0 aliphatic carbocycles. The van der Waals surface area contributed by atoms with E-state index in [0.717, 1.165) is 9.44 Å². The third-order valence-corrected chi connectivity index (χ3v) is 4.54. The number of nitrogens with zero attached hydrogens (tertiary/aromatic N) is 1. The third kappa shape index (κ3) is 2.29. The van der Waals surface area contributed by atoms with E-state index in [2.05, 4.69) is 4.98 Å². The van der Waals surface area contributed by atoms with Crippen molar-refractivity contribution in [3.05, 3.63) is 31.8 Å². The fourth-order valence-electron chi connectivity index (χ4n) is 2.08. The summed E-state index contributed by atoms with van der Waals surface area (Å²) in [7, 11) is 0. The summed E-state index contributed by atoms with van der Waals surface area (Å²) in [6, 6.07) is 0.589. The molecule has 0 bridgehead atoms. The van der Waals surface area contributed by atoms with Crippen molar-refractivity contribution in [1.82, 2.24) is 9.55 Å². The number of carbonyl (C=O) groups is 1. The molecule has 0 fully saturated rings. The van der Waals surface area contributed by atoms with Crippen LogP contribution in [0.15, 0.2) is 15.7 Å². The first kappa shape index (κ1) is 14.5. The predicted molar refractivity (Wildman–Crippen MR) is 77.8 cm³/mol. The Morgan fingerprint density at radius 2 is 2.10 bits per heavy atom. The monoisotopic (exact) mass is 296 g/mol. The van der Waals surface area contributed by atoms with Crippen molar-refractivity contribution < 1.29 is 9.90 Å². The van der Waals surface area contributed by atoms with Gasteiger partial charge in [0.2, 0.25) is 0 Å². The lowest BCUT2D eigenvalue weighted by Gasteiger charge is -2.11. The number of aromatic nitrogens is 2. The summed E-state index contributed by atoms with van der Waals surface area (Å²) in [5.74, 6) is -0.941. The first-order valence-electron chi connectivity index (χ1n) is 6.37.